The van der Waals surface area contributed by atoms with Crippen LogP contribution in [0.5, 0.6) is 0 Å². The molecule has 0 radical (unpaired) electrons. The molecule has 67 heavy (non-hydrogen) atoms. The number of rotatable bonds is 21. The highest BCUT2D eigenvalue weighted by atomic mass is 15.7. The van der Waals surface area contributed by atoms with Crippen molar-refractivity contribution in [3.63, 3.8) is 0 Å². The zero-order valence-corrected chi connectivity index (χ0v) is 35.6. The SMILES string of the molecule is Cc1cc(N(C)CCN(C)C)c(N)cc1Nc1ncc(C=CC#N)c(-c2cn3c4c(cccc24)CCC3)n1.N=N/N=N/N=N/N=N/N=N/N=N/N=N/N=N/N=N/N=N/N=N/N=N/N=N/N=N/N. The third kappa shape index (κ3) is 16.9. The number of hydrogen-bond donors (Lipinski definition) is 4. The number of nitrogens with two attached hydrogens (primary N) is 2. The van der Waals surface area contributed by atoms with Gasteiger partial charge in [-0.05, 0) is 142 Å². The van der Waals surface area contributed by atoms with Crippen molar-refractivity contribution >= 4 is 40.0 Å². The van der Waals surface area contributed by atoms with Crippen molar-refractivity contribution in [2.24, 2.45) is 147 Å². The first-order chi connectivity index (χ1) is 32.8. The molecule has 0 unspecified atom stereocenters. The first kappa shape index (κ1) is 49.5. The fraction of sp³-hybridized carbons (Fsp3) is 0.300. The van der Waals surface area contributed by atoms with E-state index in [1.807, 2.05) is 6.07 Å². The molecule has 0 bridgehead atoms. The predicted molar refractivity (Wildman–Crippen MR) is 229 cm³/mol. The maximum atomic E-state index is 9.16. The lowest BCUT2D eigenvalue weighted by atomic mass is 10.0. The van der Waals surface area contributed by atoms with E-state index < -0.39 is 0 Å². The van der Waals surface area contributed by atoms with Crippen molar-refractivity contribution in [1.82, 2.24) is 19.4 Å². The smallest absolute Gasteiger partial charge is 0.227 e. The number of nitrogens with zero attached hydrogens (tertiary/aromatic N) is 33. The Morgan fingerprint density at radius 2 is 1.34 bits per heavy atom. The van der Waals surface area contributed by atoms with E-state index in [9.17, 15) is 0 Å². The van der Waals surface area contributed by atoms with E-state index in [-0.39, 0.29) is 0 Å². The molecule has 4 aromatic rings. The van der Waals surface area contributed by atoms with Crippen molar-refractivity contribution in [1.29, 1.82) is 10.8 Å². The summed E-state index contributed by atoms with van der Waals surface area (Å²) < 4.78 is 2.33. The molecule has 5 rings (SSSR count). The highest BCUT2D eigenvalue weighted by Gasteiger charge is 2.20. The van der Waals surface area contributed by atoms with Gasteiger partial charge in [0.1, 0.15) is 0 Å². The Kier molecular flexibility index (Phi) is 21.0. The van der Waals surface area contributed by atoms with Crippen LogP contribution in [-0.4, -0.2) is 53.7 Å². The summed E-state index contributed by atoms with van der Waals surface area (Å²) in [6.45, 7) is 4.86. The van der Waals surface area contributed by atoms with Gasteiger partial charge in [0.15, 0.2) is 0 Å². The summed E-state index contributed by atoms with van der Waals surface area (Å²) in [6, 6.07) is 12.6. The molecule has 37 heteroatoms. The second-order valence-electron chi connectivity index (χ2n) is 12.6. The number of anilines is 4. The molecule has 37 nitrogen and oxygen atoms in total. The number of aryl methyl sites for hydroxylation is 3. The number of benzene rings is 2. The van der Waals surface area contributed by atoms with Gasteiger partial charge in [0.05, 0.1) is 28.7 Å². The van der Waals surface area contributed by atoms with Gasteiger partial charge in [-0.15, -0.1) is 0 Å². The minimum atomic E-state index is 0.484. The van der Waals surface area contributed by atoms with Crippen LogP contribution in [0.15, 0.2) is 190 Å². The number of nitrogen functional groups attached to an aromatic ring is 1. The van der Waals surface area contributed by atoms with Crippen molar-refractivity contribution in [3.8, 4) is 17.3 Å². The third-order valence-electron chi connectivity index (χ3n) is 8.21. The summed E-state index contributed by atoms with van der Waals surface area (Å²) in [6.07, 6.45) is 9.40. The third-order valence-corrected chi connectivity index (χ3v) is 8.21. The lowest BCUT2D eigenvalue weighted by molar-refractivity contribution is 0.416. The molecule has 1 aliphatic heterocycles. The lowest BCUT2D eigenvalue weighted by Gasteiger charge is -2.24. The van der Waals surface area contributed by atoms with E-state index in [4.69, 9.17) is 21.5 Å². The van der Waals surface area contributed by atoms with Crippen LogP contribution >= 0.6 is 0 Å². The molecule has 0 saturated carbocycles. The van der Waals surface area contributed by atoms with Gasteiger partial charge in [0, 0.05) is 125 Å². The Morgan fingerprint density at radius 1 is 0.791 bits per heavy atom. The Labute approximate surface area is 376 Å². The number of hydrogen-bond acceptors (Lipinski definition) is 9. The van der Waals surface area contributed by atoms with E-state index in [2.05, 4.69) is 236 Å². The van der Waals surface area contributed by atoms with E-state index in [1.165, 1.54) is 22.5 Å². The maximum Gasteiger partial charge on any atom is 0.227 e. The summed E-state index contributed by atoms with van der Waals surface area (Å²) in [4.78, 5) is 13.9. The number of para-hydroxylation sites is 1. The van der Waals surface area contributed by atoms with E-state index in [1.54, 1.807) is 12.3 Å². The van der Waals surface area contributed by atoms with Gasteiger partial charge in [-0.3, -0.25) is 0 Å². The Morgan fingerprint density at radius 3 is 1.87 bits per heavy atom. The monoisotopic (exact) mass is 915 g/mol. The molecule has 0 atom stereocenters. The molecular weight excluding hydrogens is 879 g/mol. The number of likely N-dealkylation sites (N-methyl/N-ethyl adjacent to an activating group) is 2. The average molecular weight is 916 g/mol. The molecular formula is C30H37N37. The lowest BCUT2D eigenvalue weighted by Crippen LogP contribution is -2.29. The van der Waals surface area contributed by atoms with E-state index in [0.717, 1.165) is 66.2 Å². The van der Waals surface area contributed by atoms with Gasteiger partial charge in [-0.2, -0.15) is 10.8 Å². The summed E-state index contributed by atoms with van der Waals surface area (Å²) in [5.74, 6) is 5.09. The second-order valence-corrected chi connectivity index (χ2v) is 12.6. The summed E-state index contributed by atoms with van der Waals surface area (Å²) in [7, 11) is 6.19. The highest BCUT2D eigenvalue weighted by Crippen LogP contribution is 2.37. The van der Waals surface area contributed by atoms with Gasteiger partial charge in [0.25, 0.3) is 0 Å². The molecule has 0 saturated heterocycles. The summed E-state index contributed by atoms with van der Waals surface area (Å²) >= 11 is 0. The molecule has 3 heterocycles. The van der Waals surface area contributed by atoms with Crippen LogP contribution < -0.4 is 21.8 Å². The molecule has 2 aromatic carbocycles. The van der Waals surface area contributed by atoms with Crippen LogP contribution in [0, 0.1) is 23.8 Å². The Bertz CT molecular complexity index is 2720. The van der Waals surface area contributed by atoms with Crippen LogP contribution in [0.4, 0.5) is 23.0 Å². The second kappa shape index (κ2) is 28.5. The van der Waals surface area contributed by atoms with Crippen LogP contribution in [0.2, 0.25) is 0 Å². The van der Waals surface area contributed by atoms with Gasteiger partial charge >= 0.3 is 0 Å². The summed E-state index contributed by atoms with van der Waals surface area (Å²) in [5.41, 5.74) is 21.6. The quantitative estimate of drug-likeness (QED) is 0.0204. The van der Waals surface area contributed by atoms with E-state index >= 15 is 0 Å². The minimum Gasteiger partial charge on any atom is -0.397 e. The number of aromatic nitrogens is 3. The van der Waals surface area contributed by atoms with Crippen molar-refractivity contribution in [2.45, 2.75) is 26.3 Å². The van der Waals surface area contributed by atoms with Crippen molar-refractivity contribution < 1.29 is 0 Å². The molecule has 0 spiro atoms. The highest BCUT2D eigenvalue weighted by molar-refractivity contribution is 5.99. The first-order valence-corrected chi connectivity index (χ1v) is 18.6. The van der Waals surface area contributed by atoms with Crippen molar-refractivity contribution in [2.75, 3.05) is 50.2 Å². The zero-order chi connectivity index (χ0) is 47.9. The molecule has 0 fully saturated rings. The van der Waals surface area contributed by atoms with Crippen LogP contribution in [0.25, 0.3) is 28.2 Å². The van der Waals surface area contributed by atoms with Gasteiger partial charge in [-0.25, -0.2) is 9.97 Å². The molecule has 0 amide bonds. The standard InChI is InChI=1S/C30H34N8.H3N29/c1-20-16-27(37(4)15-14-36(2)3)25(32)17-26(20)34-30-33-18-22(9-6-12-31)28(35-30)24-19-38-13-7-10-21-8-5-11-23(24)29(21)38;1-3-5-7-9-11-13-15-17-19-21-23-25-27-29-28-26-24-22-20-18-16-14-12-10-8-6-4-2/h5-6,8-9,11,16-19H,7,10,13-15,32H2,1-4H3,(H,33,34,35);(H3,1,2,5,6,9,10,13,14,17,18,21,22,25,26,29). The normalized spacial score (nSPS) is 13.7. The Hall–Kier alpha value is -10.1. The van der Waals surface area contributed by atoms with Crippen LogP contribution in [0.1, 0.15) is 23.1 Å². The molecule has 2 aromatic heterocycles. The molecule has 6 N–H and O–H groups in total. The molecule has 342 valence electrons. The number of allylic oxidation sites excluding steroid dienone is 1. The molecule has 0 aliphatic carbocycles. The summed E-state index contributed by atoms with van der Waals surface area (Å²) in [5, 5.41) is 92.9. The molecule has 1 aliphatic rings. The van der Waals surface area contributed by atoms with Crippen LogP contribution in [0.3, 0.4) is 0 Å². The van der Waals surface area contributed by atoms with Crippen LogP contribution in [-0.2, 0) is 13.0 Å². The minimum absolute atomic E-state index is 0.484. The largest absolute Gasteiger partial charge is 0.397 e. The average Bonchev–Trinajstić information content (AvgIpc) is 3.71. The van der Waals surface area contributed by atoms with Gasteiger partial charge in [-0.1, -0.05) is 23.4 Å². The predicted octanol–water partition coefficient (Wildman–Crippen LogP) is 9.88. The number of nitrogens with one attached hydrogen (secondary N) is 2. The van der Waals surface area contributed by atoms with Crippen molar-refractivity contribution in [3.05, 3.63) is 65.5 Å². The fourth-order valence-corrected chi connectivity index (χ4v) is 5.58. The van der Waals surface area contributed by atoms with Gasteiger partial charge in [0.2, 0.25) is 5.95 Å². The Balaban J connectivity index is 0.000000306. The fourth-order valence-electron chi connectivity index (χ4n) is 5.58. The topological polar surface area (TPSA) is 483 Å². The number of nitriles is 1. The van der Waals surface area contributed by atoms with Gasteiger partial charge < -0.3 is 31.3 Å². The first-order valence-electron chi connectivity index (χ1n) is 18.6. The zero-order valence-electron chi connectivity index (χ0n) is 35.6. The maximum absolute atomic E-state index is 9.16. The van der Waals surface area contributed by atoms with E-state index in [0.29, 0.717) is 11.6 Å².